The van der Waals surface area contributed by atoms with Gasteiger partial charge >= 0.3 is 0 Å². The van der Waals surface area contributed by atoms with Crippen LogP contribution in [0.2, 0.25) is 0 Å². The Balaban J connectivity index is 2.02. The fraction of sp³-hybridized carbons (Fsp3) is 0.632. The number of benzene rings is 1. The third-order valence-electron chi connectivity index (χ3n) is 4.22. The van der Waals surface area contributed by atoms with Crippen LogP contribution in [-0.4, -0.2) is 50.6 Å². The summed E-state index contributed by atoms with van der Waals surface area (Å²) in [4.78, 5) is 4.67. The summed E-state index contributed by atoms with van der Waals surface area (Å²) in [6, 6.07) is 6.21. The minimum Gasteiger partial charge on any atom is -0.493 e. The van der Waals surface area contributed by atoms with Gasteiger partial charge in [0.2, 0.25) is 0 Å². The zero-order valence-corrected chi connectivity index (χ0v) is 15.6. The molecule has 2 rings (SSSR count). The first-order chi connectivity index (χ1) is 12.1. The lowest BCUT2D eigenvalue weighted by atomic mass is 9.87. The Morgan fingerprint density at radius 2 is 2.12 bits per heavy atom. The number of guanidine groups is 1. The third kappa shape index (κ3) is 5.61. The number of aliphatic imine (C=N–C) groups is 1. The quantitative estimate of drug-likeness (QED) is 0.469. The minimum atomic E-state index is -0.185. The van der Waals surface area contributed by atoms with Gasteiger partial charge in [-0.25, -0.2) is 4.99 Å². The van der Waals surface area contributed by atoms with E-state index in [2.05, 4.69) is 47.7 Å². The number of hydrogen-bond acceptors (Lipinski definition) is 4. The van der Waals surface area contributed by atoms with Gasteiger partial charge in [-0.2, -0.15) is 0 Å². The number of aliphatic hydroxyl groups is 1. The SMILES string of the molecule is CCCOc1cc(C)ccc1CN=C(NCC)NCC1(CO)COC1. The van der Waals surface area contributed by atoms with Crippen LogP contribution in [0.3, 0.4) is 0 Å². The van der Waals surface area contributed by atoms with Crippen molar-refractivity contribution in [2.24, 2.45) is 10.4 Å². The molecule has 140 valence electrons. The molecule has 1 fully saturated rings. The average Bonchev–Trinajstić information content (AvgIpc) is 2.58. The molecule has 1 heterocycles. The number of aryl methyl sites for hydroxylation is 1. The van der Waals surface area contributed by atoms with Crippen LogP contribution in [0, 0.1) is 12.3 Å². The van der Waals surface area contributed by atoms with Crippen LogP contribution in [-0.2, 0) is 11.3 Å². The van der Waals surface area contributed by atoms with E-state index in [1.807, 2.05) is 6.92 Å². The van der Waals surface area contributed by atoms with Gasteiger partial charge in [0.15, 0.2) is 5.96 Å². The minimum absolute atomic E-state index is 0.117. The monoisotopic (exact) mass is 349 g/mol. The molecule has 3 N–H and O–H groups in total. The van der Waals surface area contributed by atoms with Crippen LogP contribution in [0.1, 0.15) is 31.4 Å². The van der Waals surface area contributed by atoms with Gasteiger partial charge in [-0.3, -0.25) is 0 Å². The molecule has 0 unspecified atom stereocenters. The fourth-order valence-corrected chi connectivity index (χ4v) is 2.56. The number of ether oxygens (including phenoxy) is 2. The van der Waals surface area contributed by atoms with E-state index in [1.54, 1.807) is 0 Å². The third-order valence-corrected chi connectivity index (χ3v) is 4.22. The average molecular weight is 349 g/mol. The van der Waals surface area contributed by atoms with Crippen LogP contribution in [0.4, 0.5) is 0 Å². The standard InChI is InChI=1S/C19H31N3O3/c1-4-8-25-17-9-15(3)6-7-16(17)10-21-18(20-5-2)22-11-19(12-23)13-24-14-19/h6-7,9,23H,4-5,8,10-14H2,1-3H3,(H2,20,21,22). The molecule has 0 atom stereocenters. The van der Waals surface area contributed by atoms with Gasteiger partial charge in [-0.15, -0.1) is 0 Å². The van der Waals surface area contributed by atoms with Crippen LogP contribution in [0.15, 0.2) is 23.2 Å². The normalized spacial score (nSPS) is 16.2. The molecule has 1 aliphatic heterocycles. The zero-order valence-electron chi connectivity index (χ0n) is 15.6. The molecule has 1 saturated heterocycles. The number of hydrogen-bond donors (Lipinski definition) is 3. The summed E-state index contributed by atoms with van der Waals surface area (Å²) < 4.78 is 11.1. The fourth-order valence-electron chi connectivity index (χ4n) is 2.56. The largest absolute Gasteiger partial charge is 0.493 e. The summed E-state index contributed by atoms with van der Waals surface area (Å²) >= 11 is 0. The molecule has 1 aromatic rings. The van der Waals surface area contributed by atoms with E-state index in [1.165, 1.54) is 5.56 Å². The van der Waals surface area contributed by atoms with Gasteiger partial charge in [-0.05, 0) is 31.9 Å². The maximum absolute atomic E-state index is 9.54. The smallest absolute Gasteiger partial charge is 0.191 e. The molecular weight excluding hydrogens is 318 g/mol. The summed E-state index contributed by atoms with van der Waals surface area (Å²) in [6.07, 6.45) is 0.978. The van der Waals surface area contributed by atoms with E-state index in [0.717, 1.165) is 30.2 Å². The Morgan fingerprint density at radius 3 is 2.72 bits per heavy atom. The van der Waals surface area contributed by atoms with Crippen molar-refractivity contribution in [2.45, 2.75) is 33.7 Å². The second-order valence-electron chi connectivity index (χ2n) is 6.66. The van der Waals surface area contributed by atoms with Crippen LogP contribution in [0.25, 0.3) is 0 Å². The van der Waals surface area contributed by atoms with E-state index < -0.39 is 0 Å². The highest BCUT2D eigenvalue weighted by Gasteiger charge is 2.38. The first-order valence-corrected chi connectivity index (χ1v) is 9.05. The van der Waals surface area contributed by atoms with Gasteiger partial charge in [-0.1, -0.05) is 19.1 Å². The summed E-state index contributed by atoms with van der Waals surface area (Å²) in [5.74, 6) is 1.64. The molecule has 0 spiro atoms. The van der Waals surface area contributed by atoms with Crippen molar-refractivity contribution in [2.75, 3.05) is 39.5 Å². The van der Waals surface area contributed by atoms with Gasteiger partial charge in [0.25, 0.3) is 0 Å². The first-order valence-electron chi connectivity index (χ1n) is 9.05. The molecule has 0 saturated carbocycles. The Bertz CT molecular complexity index is 566. The van der Waals surface area contributed by atoms with Gasteiger partial charge in [0.1, 0.15) is 5.75 Å². The lowest BCUT2D eigenvalue weighted by molar-refractivity contribution is -0.132. The zero-order chi connectivity index (χ0) is 18.1. The maximum atomic E-state index is 9.54. The molecule has 0 radical (unpaired) electrons. The van der Waals surface area contributed by atoms with E-state index in [-0.39, 0.29) is 12.0 Å². The highest BCUT2D eigenvalue weighted by Crippen LogP contribution is 2.25. The molecule has 0 aromatic heterocycles. The van der Waals surface area contributed by atoms with E-state index in [9.17, 15) is 5.11 Å². The van der Waals surface area contributed by atoms with Crippen LogP contribution >= 0.6 is 0 Å². The number of rotatable bonds is 9. The molecule has 1 aliphatic rings. The second-order valence-corrected chi connectivity index (χ2v) is 6.66. The second kappa shape index (κ2) is 9.63. The first kappa shape index (κ1) is 19.5. The predicted molar refractivity (Wildman–Crippen MR) is 100 cm³/mol. The molecule has 6 nitrogen and oxygen atoms in total. The molecule has 6 heteroatoms. The molecule has 1 aromatic carbocycles. The van der Waals surface area contributed by atoms with Gasteiger partial charge in [0.05, 0.1) is 38.4 Å². The topological polar surface area (TPSA) is 75.1 Å². The lowest BCUT2D eigenvalue weighted by Gasteiger charge is -2.40. The highest BCUT2D eigenvalue weighted by atomic mass is 16.5. The number of nitrogens with zero attached hydrogens (tertiary/aromatic N) is 1. The van der Waals surface area contributed by atoms with Gasteiger partial charge < -0.3 is 25.2 Å². The van der Waals surface area contributed by atoms with Crippen molar-refractivity contribution in [1.82, 2.24) is 10.6 Å². The highest BCUT2D eigenvalue weighted by molar-refractivity contribution is 5.79. The maximum Gasteiger partial charge on any atom is 0.191 e. The van der Waals surface area contributed by atoms with E-state index in [0.29, 0.717) is 32.9 Å². The Kier molecular flexibility index (Phi) is 7.52. The van der Waals surface area contributed by atoms with Crippen LogP contribution in [0.5, 0.6) is 5.75 Å². The van der Waals surface area contributed by atoms with E-state index >= 15 is 0 Å². The van der Waals surface area contributed by atoms with Crippen molar-refractivity contribution in [3.63, 3.8) is 0 Å². The molecule has 0 aliphatic carbocycles. The van der Waals surface area contributed by atoms with Crippen LogP contribution < -0.4 is 15.4 Å². The predicted octanol–water partition coefficient (Wildman–Crippen LogP) is 1.85. The summed E-state index contributed by atoms with van der Waals surface area (Å²) in [5, 5.41) is 16.1. The lowest BCUT2D eigenvalue weighted by Crippen LogP contribution is -2.54. The van der Waals surface area contributed by atoms with Crippen molar-refractivity contribution in [1.29, 1.82) is 0 Å². The summed E-state index contributed by atoms with van der Waals surface area (Å²) in [7, 11) is 0. The molecule has 0 amide bonds. The molecule has 25 heavy (non-hydrogen) atoms. The van der Waals surface area contributed by atoms with E-state index in [4.69, 9.17) is 9.47 Å². The number of aliphatic hydroxyl groups excluding tert-OH is 1. The summed E-state index contributed by atoms with van der Waals surface area (Å²) in [6.45, 7) is 10.2. The molecule has 0 bridgehead atoms. The Morgan fingerprint density at radius 1 is 1.32 bits per heavy atom. The van der Waals surface area contributed by atoms with Crippen molar-refractivity contribution in [3.05, 3.63) is 29.3 Å². The summed E-state index contributed by atoms with van der Waals surface area (Å²) in [5.41, 5.74) is 2.06. The molecular formula is C19H31N3O3. The van der Waals surface area contributed by atoms with Gasteiger partial charge in [0, 0.05) is 18.7 Å². The van der Waals surface area contributed by atoms with Crippen molar-refractivity contribution in [3.8, 4) is 5.75 Å². The Hall–Kier alpha value is -1.79. The van der Waals surface area contributed by atoms with Crippen molar-refractivity contribution < 1.29 is 14.6 Å². The van der Waals surface area contributed by atoms with Crippen molar-refractivity contribution >= 4 is 5.96 Å². The number of nitrogens with one attached hydrogen (secondary N) is 2. The Labute approximate surface area is 150 Å².